The van der Waals surface area contributed by atoms with Crippen molar-refractivity contribution in [2.24, 2.45) is 0 Å². The van der Waals surface area contributed by atoms with Gasteiger partial charge in [-0.05, 0) is 51.7 Å². The normalized spacial score (nSPS) is 27.4. The minimum absolute atomic E-state index is 0.0229. The third kappa shape index (κ3) is 4.21. The summed E-state index contributed by atoms with van der Waals surface area (Å²) in [4.78, 5) is 26.6. The molecule has 4 atom stereocenters. The van der Waals surface area contributed by atoms with Crippen LogP contribution in [0.2, 0.25) is 0 Å². The summed E-state index contributed by atoms with van der Waals surface area (Å²) in [6, 6.07) is 9.05. The van der Waals surface area contributed by atoms with Crippen molar-refractivity contribution in [2.75, 3.05) is 11.9 Å². The maximum absolute atomic E-state index is 12.9. The summed E-state index contributed by atoms with van der Waals surface area (Å²) in [6.45, 7) is 3.44. The van der Waals surface area contributed by atoms with Crippen molar-refractivity contribution in [3.05, 3.63) is 42.2 Å². The number of fused-ring (bicyclic) bond motifs is 2. The molecule has 0 radical (unpaired) electrons. The van der Waals surface area contributed by atoms with Crippen LogP contribution in [0.3, 0.4) is 0 Å². The molecule has 0 spiro atoms. The Morgan fingerprint density at radius 1 is 1.17 bits per heavy atom. The minimum Gasteiger partial charge on any atom is -0.460 e. The Morgan fingerprint density at radius 2 is 1.92 bits per heavy atom. The van der Waals surface area contributed by atoms with Crippen molar-refractivity contribution in [1.29, 1.82) is 0 Å². The maximum Gasteiger partial charge on any atom is 0.320 e. The zero-order valence-electron chi connectivity index (χ0n) is 20.2. The first-order valence-corrected chi connectivity index (χ1v) is 12.3. The number of hydrogen-bond donors (Lipinski definition) is 2. The van der Waals surface area contributed by atoms with Crippen LogP contribution in [0.15, 0.2) is 36.7 Å². The largest absolute Gasteiger partial charge is 0.460 e. The van der Waals surface area contributed by atoms with E-state index in [0.717, 1.165) is 25.7 Å². The van der Waals surface area contributed by atoms with Crippen molar-refractivity contribution in [3.8, 4) is 6.01 Å². The van der Waals surface area contributed by atoms with Crippen LogP contribution in [0.5, 0.6) is 6.01 Å². The number of amides is 1. The molecule has 0 unspecified atom stereocenters. The van der Waals surface area contributed by atoms with Crippen LogP contribution in [-0.4, -0.2) is 67.3 Å². The van der Waals surface area contributed by atoms with Crippen molar-refractivity contribution >= 4 is 22.9 Å². The molecular formula is C25H29N5O6. The smallest absolute Gasteiger partial charge is 0.320 e. The first kappa shape index (κ1) is 23.3. The van der Waals surface area contributed by atoms with Gasteiger partial charge in [-0.1, -0.05) is 18.2 Å². The van der Waals surface area contributed by atoms with E-state index in [4.69, 9.17) is 18.9 Å². The van der Waals surface area contributed by atoms with E-state index in [0.29, 0.717) is 16.7 Å². The highest BCUT2D eigenvalue weighted by Gasteiger charge is 2.56. The van der Waals surface area contributed by atoms with Gasteiger partial charge in [0.2, 0.25) is 0 Å². The molecule has 1 aromatic carbocycles. The standard InChI is InChI=1S/C25H29N5O6/c1-25(2)35-18-16(12-31)34-23(19(18)36-25)30-13-26-17-20(27-22(32)14-8-4-3-5-9-14)28-24(29-21(17)30)33-15-10-6-7-11-15/h3-5,8-9,13,15-16,18-19,23,31H,6-7,10-12H2,1-2H3,(H,27,28,29,32)/t16-,18-,19-,23-/m1/s1. The number of aromatic nitrogens is 4. The van der Waals surface area contributed by atoms with E-state index in [9.17, 15) is 9.90 Å². The fourth-order valence-electron chi connectivity index (χ4n) is 5.18. The summed E-state index contributed by atoms with van der Waals surface area (Å²) < 4.78 is 26.1. The number of carbonyl (C=O) groups is 1. The lowest BCUT2D eigenvalue weighted by atomic mass is 10.1. The number of rotatable bonds is 6. The second kappa shape index (κ2) is 9.07. The lowest BCUT2D eigenvalue weighted by Crippen LogP contribution is -2.31. The fourth-order valence-corrected chi connectivity index (χ4v) is 5.18. The van der Waals surface area contributed by atoms with E-state index in [1.807, 2.05) is 19.9 Å². The number of imidazole rings is 1. The molecular weight excluding hydrogens is 466 g/mol. The molecule has 2 saturated heterocycles. The Hall–Kier alpha value is -3.12. The molecule has 3 aromatic rings. The number of hydrogen-bond acceptors (Lipinski definition) is 9. The van der Waals surface area contributed by atoms with Gasteiger partial charge in [0.1, 0.15) is 24.4 Å². The van der Waals surface area contributed by atoms with Gasteiger partial charge < -0.3 is 29.4 Å². The molecule has 36 heavy (non-hydrogen) atoms. The van der Waals surface area contributed by atoms with E-state index >= 15 is 0 Å². The second-order valence-corrected chi connectivity index (χ2v) is 9.84. The summed E-state index contributed by atoms with van der Waals surface area (Å²) in [6.07, 6.45) is 3.52. The van der Waals surface area contributed by atoms with Gasteiger partial charge in [0.25, 0.3) is 5.91 Å². The molecule has 2 N–H and O–H groups in total. The molecule has 1 amide bonds. The number of aliphatic hydroxyl groups excluding tert-OH is 1. The molecule has 4 heterocycles. The maximum atomic E-state index is 12.9. The molecule has 11 nitrogen and oxygen atoms in total. The van der Waals surface area contributed by atoms with Crippen molar-refractivity contribution < 1.29 is 28.8 Å². The van der Waals surface area contributed by atoms with Crippen LogP contribution in [0, 0.1) is 0 Å². The number of nitrogens with one attached hydrogen (secondary N) is 1. The number of benzene rings is 1. The highest BCUT2D eigenvalue weighted by Crippen LogP contribution is 2.44. The number of ether oxygens (including phenoxy) is 4. The molecule has 3 fully saturated rings. The highest BCUT2D eigenvalue weighted by atomic mass is 16.8. The van der Waals surface area contributed by atoms with Crippen molar-refractivity contribution in [2.45, 2.75) is 76.0 Å². The Morgan fingerprint density at radius 3 is 2.67 bits per heavy atom. The molecule has 3 aliphatic rings. The third-order valence-corrected chi connectivity index (χ3v) is 6.82. The first-order valence-electron chi connectivity index (χ1n) is 12.3. The fraction of sp³-hybridized carbons (Fsp3) is 0.520. The summed E-state index contributed by atoms with van der Waals surface area (Å²) >= 11 is 0. The Kier molecular flexibility index (Phi) is 5.87. The van der Waals surface area contributed by atoms with Gasteiger partial charge in [0.15, 0.2) is 29.0 Å². The molecule has 2 aromatic heterocycles. The SMILES string of the molecule is CC1(C)O[C@@H]2[C@H](O1)[C@@H](CO)O[C@H]2n1cnc2c(NC(=O)c3ccccc3)nc(OC3CCCC3)nc21. The van der Waals surface area contributed by atoms with Gasteiger partial charge in [0.05, 0.1) is 12.9 Å². The van der Waals surface area contributed by atoms with Gasteiger partial charge in [-0.2, -0.15) is 9.97 Å². The average molecular weight is 496 g/mol. The van der Waals surface area contributed by atoms with Crippen LogP contribution < -0.4 is 10.1 Å². The zero-order chi connectivity index (χ0) is 24.9. The van der Waals surface area contributed by atoms with Gasteiger partial charge in [-0.25, -0.2) is 4.98 Å². The van der Waals surface area contributed by atoms with E-state index in [2.05, 4.69) is 20.3 Å². The Balaban J connectivity index is 1.39. The average Bonchev–Trinajstić information content (AvgIpc) is 3.64. The predicted octanol–water partition coefficient (Wildman–Crippen LogP) is 2.81. The topological polar surface area (TPSA) is 130 Å². The van der Waals surface area contributed by atoms with Crippen LogP contribution >= 0.6 is 0 Å². The van der Waals surface area contributed by atoms with Gasteiger partial charge >= 0.3 is 6.01 Å². The van der Waals surface area contributed by atoms with Crippen molar-refractivity contribution in [1.82, 2.24) is 19.5 Å². The lowest BCUT2D eigenvalue weighted by Gasteiger charge is -2.24. The number of carbonyl (C=O) groups excluding carboxylic acids is 1. The van der Waals surface area contributed by atoms with Crippen LogP contribution in [0.4, 0.5) is 5.82 Å². The number of nitrogens with zero attached hydrogens (tertiary/aromatic N) is 4. The summed E-state index contributed by atoms with van der Waals surface area (Å²) in [5.74, 6) is -0.886. The van der Waals surface area contributed by atoms with E-state index in [1.54, 1.807) is 35.2 Å². The van der Waals surface area contributed by atoms with Crippen LogP contribution in [-0.2, 0) is 14.2 Å². The molecule has 6 rings (SSSR count). The molecule has 11 heteroatoms. The monoisotopic (exact) mass is 495 g/mol. The van der Waals surface area contributed by atoms with Gasteiger partial charge in [-0.3, -0.25) is 9.36 Å². The van der Waals surface area contributed by atoms with E-state index in [1.165, 1.54) is 0 Å². The first-order chi connectivity index (χ1) is 17.4. The lowest BCUT2D eigenvalue weighted by molar-refractivity contribution is -0.199. The van der Waals surface area contributed by atoms with Gasteiger partial charge in [-0.15, -0.1) is 0 Å². The number of anilines is 1. The Bertz CT molecular complexity index is 1260. The summed E-state index contributed by atoms with van der Waals surface area (Å²) in [7, 11) is 0. The molecule has 1 saturated carbocycles. The quantitative estimate of drug-likeness (QED) is 0.530. The second-order valence-electron chi connectivity index (χ2n) is 9.84. The van der Waals surface area contributed by atoms with Crippen LogP contribution in [0.25, 0.3) is 11.2 Å². The molecule has 1 aliphatic carbocycles. The highest BCUT2D eigenvalue weighted by molar-refractivity contribution is 6.06. The minimum atomic E-state index is -0.818. The summed E-state index contributed by atoms with van der Waals surface area (Å²) in [5.41, 5.74) is 1.31. The third-order valence-electron chi connectivity index (χ3n) is 6.82. The Labute approximate surface area is 207 Å². The van der Waals surface area contributed by atoms with E-state index < -0.39 is 30.3 Å². The van der Waals surface area contributed by atoms with Crippen LogP contribution in [0.1, 0.15) is 56.1 Å². The zero-order valence-corrected chi connectivity index (χ0v) is 20.2. The molecule has 0 bridgehead atoms. The predicted molar refractivity (Wildman–Crippen MR) is 127 cm³/mol. The summed E-state index contributed by atoms with van der Waals surface area (Å²) in [5, 5.41) is 12.8. The van der Waals surface area contributed by atoms with Gasteiger partial charge in [0, 0.05) is 5.56 Å². The molecule has 190 valence electrons. The molecule has 2 aliphatic heterocycles. The van der Waals surface area contributed by atoms with Crippen molar-refractivity contribution in [3.63, 3.8) is 0 Å². The van der Waals surface area contributed by atoms with E-state index in [-0.39, 0.29) is 30.4 Å². The number of aliphatic hydroxyl groups is 1.